The van der Waals surface area contributed by atoms with E-state index in [2.05, 4.69) is 4.74 Å². The summed E-state index contributed by atoms with van der Waals surface area (Å²) in [6, 6.07) is 2.80. The van der Waals surface area contributed by atoms with Crippen LogP contribution in [0.25, 0.3) is 0 Å². The van der Waals surface area contributed by atoms with Gasteiger partial charge in [-0.15, -0.1) is 11.6 Å². The van der Waals surface area contributed by atoms with Gasteiger partial charge in [-0.2, -0.15) is 22.0 Å². The maximum Gasteiger partial charge on any atom is 0.416 e. The van der Waals surface area contributed by atoms with E-state index in [1.165, 1.54) is 0 Å². The fourth-order valence-electron chi connectivity index (χ4n) is 1.47. The third kappa shape index (κ3) is 4.33. The van der Waals surface area contributed by atoms with Gasteiger partial charge in [0.2, 0.25) is 0 Å². The van der Waals surface area contributed by atoms with Crippen LogP contribution in [0.15, 0.2) is 18.2 Å². The van der Waals surface area contributed by atoms with Crippen LogP contribution in [-0.4, -0.2) is 12.5 Å². The van der Waals surface area contributed by atoms with Gasteiger partial charge in [0.1, 0.15) is 5.75 Å². The van der Waals surface area contributed by atoms with Crippen molar-refractivity contribution in [3.8, 4) is 5.75 Å². The molecule has 0 heterocycles. The van der Waals surface area contributed by atoms with Gasteiger partial charge in [0.25, 0.3) is 0 Å². The molecule has 0 unspecified atom stereocenters. The molecule has 0 radical (unpaired) electrons. The molecule has 7 heteroatoms. The molecule has 0 aromatic heterocycles. The molecule has 0 aliphatic carbocycles. The molecular weight excluding hydrogens is 279 g/mol. The average Bonchev–Trinajstić information content (AvgIpc) is 2.25. The summed E-state index contributed by atoms with van der Waals surface area (Å²) in [7, 11) is 0. The smallest absolute Gasteiger partial charge is 0.416 e. The first-order valence-electron chi connectivity index (χ1n) is 5.05. The third-order valence-electron chi connectivity index (χ3n) is 2.19. The van der Waals surface area contributed by atoms with Gasteiger partial charge in [-0.25, -0.2) is 0 Å². The number of hydrogen-bond acceptors (Lipinski definition) is 1. The summed E-state index contributed by atoms with van der Waals surface area (Å²) in [5.41, 5.74) is -0.949. The van der Waals surface area contributed by atoms with Crippen LogP contribution in [0, 0.1) is 0 Å². The fraction of sp³-hybridized carbons (Fsp3) is 0.455. The molecule has 0 atom stereocenters. The molecule has 0 amide bonds. The highest BCUT2D eigenvalue weighted by atomic mass is 35.5. The van der Waals surface area contributed by atoms with Crippen molar-refractivity contribution < 1.29 is 26.7 Å². The number of ether oxygens (including phenoxy) is 1. The second-order valence-corrected chi connectivity index (χ2v) is 3.87. The van der Waals surface area contributed by atoms with Gasteiger partial charge in [-0.1, -0.05) is 6.07 Å². The molecule has 0 fully saturated rings. The van der Waals surface area contributed by atoms with E-state index in [0.29, 0.717) is 12.5 Å². The average molecular weight is 289 g/mol. The van der Waals surface area contributed by atoms with Crippen molar-refractivity contribution in [2.75, 3.05) is 5.88 Å². The van der Waals surface area contributed by atoms with Crippen molar-refractivity contribution >= 4 is 11.6 Å². The van der Waals surface area contributed by atoms with E-state index in [0.717, 1.165) is 12.1 Å². The van der Waals surface area contributed by atoms with E-state index < -0.39 is 24.1 Å². The molecule has 18 heavy (non-hydrogen) atoms. The van der Waals surface area contributed by atoms with Crippen molar-refractivity contribution in [2.45, 2.75) is 25.6 Å². The van der Waals surface area contributed by atoms with E-state index >= 15 is 0 Å². The second kappa shape index (κ2) is 6.22. The molecule has 0 spiro atoms. The first-order chi connectivity index (χ1) is 8.34. The minimum absolute atomic E-state index is 0.0183. The molecule has 1 aromatic rings. The number of hydrogen-bond donors (Lipinski definition) is 0. The van der Waals surface area contributed by atoms with Gasteiger partial charge < -0.3 is 4.74 Å². The van der Waals surface area contributed by atoms with Gasteiger partial charge in [-0.3, -0.25) is 0 Å². The maximum absolute atomic E-state index is 12.7. The van der Waals surface area contributed by atoms with Crippen LogP contribution in [0.5, 0.6) is 5.75 Å². The Morgan fingerprint density at radius 2 is 1.89 bits per heavy atom. The van der Waals surface area contributed by atoms with Gasteiger partial charge in [-0.05, 0) is 30.5 Å². The van der Waals surface area contributed by atoms with Gasteiger partial charge in [0.05, 0.1) is 5.56 Å². The minimum Gasteiger partial charge on any atom is -0.435 e. The summed E-state index contributed by atoms with van der Waals surface area (Å²) in [5, 5.41) is 0. The number of halogens is 6. The Morgan fingerprint density at radius 3 is 2.39 bits per heavy atom. The second-order valence-electron chi connectivity index (χ2n) is 3.49. The molecule has 0 N–H and O–H groups in total. The van der Waals surface area contributed by atoms with Crippen molar-refractivity contribution in [1.82, 2.24) is 0 Å². The predicted octanol–water partition coefficient (Wildman–Crippen LogP) is 4.48. The van der Waals surface area contributed by atoms with Crippen LogP contribution in [0.3, 0.4) is 0 Å². The Labute approximate surface area is 106 Å². The summed E-state index contributed by atoms with van der Waals surface area (Å²) in [5.74, 6) is -0.279. The Morgan fingerprint density at radius 1 is 1.22 bits per heavy atom. The molecule has 0 saturated heterocycles. The lowest BCUT2D eigenvalue weighted by Crippen LogP contribution is -2.11. The number of benzene rings is 1. The van der Waals surface area contributed by atoms with Crippen LogP contribution >= 0.6 is 11.6 Å². The summed E-state index contributed by atoms with van der Waals surface area (Å²) >= 11 is 5.41. The van der Waals surface area contributed by atoms with Crippen LogP contribution in [0.1, 0.15) is 17.5 Å². The fourth-order valence-corrected chi connectivity index (χ4v) is 1.60. The first-order valence-corrected chi connectivity index (χ1v) is 5.59. The zero-order valence-electron chi connectivity index (χ0n) is 9.11. The van der Waals surface area contributed by atoms with E-state index in [-0.39, 0.29) is 17.9 Å². The van der Waals surface area contributed by atoms with E-state index in [1.54, 1.807) is 0 Å². The van der Waals surface area contributed by atoms with Crippen molar-refractivity contribution in [2.24, 2.45) is 0 Å². The molecule has 0 saturated carbocycles. The predicted molar refractivity (Wildman–Crippen MR) is 57.1 cm³/mol. The Kier molecular flexibility index (Phi) is 5.19. The Balaban J connectivity index is 3.04. The molecule has 0 aliphatic heterocycles. The molecule has 1 nitrogen and oxygen atoms in total. The summed E-state index contributed by atoms with van der Waals surface area (Å²) < 4.78 is 66.0. The van der Waals surface area contributed by atoms with Crippen molar-refractivity contribution in [1.29, 1.82) is 0 Å². The maximum atomic E-state index is 12.7. The molecule has 1 aromatic carbocycles. The van der Waals surface area contributed by atoms with Gasteiger partial charge >= 0.3 is 12.8 Å². The molecule has 0 bridgehead atoms. The number of alkyl halides is 6. The number of rotatable bonds is 5. The van der Waals surface area contributed by atoms with Crippen LogP contribution in [0.2, 0.25) is 0 Å². The summed E-state index contributed by atoms with van der Waals surface area (Å²) in [6.45, 7) is -3.15. The Bertz CT molecular complexity index is 392. The van der Waals surface area contributed by atoms with Crippen LogP contribution < -0.4 is 4.74 Å². The molecule has 0 aliphatic rings. The van der Waals surface area contributed by atoms with E-state index in [9.17, 15) is 22.0 Å². The van der Waals surface area contributed by atoms with Gasteiger partial charge in [0.15, 0.2) is 0 Å². The highest BCUT2D eigenvalue weighted by Crippen LogP contribution is 2.35. The lowest BCUT2D eigenvalue weighted by Gasteiger charge is -2.14. The normalized spacial score (nSPS) is 11.9. The van der Waals surface area contributed by atoms with Crippen LogP contribution in [0.4, 0.5) is 22.0 Å². The molecular formula is C11H10ClF5O. The highest BCUT2D eigenvalue weighted by molar-refractivity contribution is 6.17. The van der Waals surface area contributed by atoms with Crippen molar-refractivity contribution in [3.05, 3.63) is 29.3 Å². The van der Waals surface area contributed by atoms with E-state index in [4.69, 9.17) is 11.6 Å². The quantitative estimate of drug-likeness (QED) is 0.573. The van der Waals surface area contributed by atoms with Crippen molar-refractivity contribution in [3.63, 3.8) is 0 Å². The topological polar surface area (TPSA) is 9.23 Å². The zero-order valence-corrected chi connectivity index (χ0v) is 9.86. The summed E-state index contributed by atoms with van der Waals surface area (Å²) in [6.07, 6.45) is -4.10. The van der Waals surface area contributed by atoms with Crippen LogP contribution in [-0.2, 0) is 12.6 Å². The highest BCUT2D eigenvalue weighted by Gasteiger charge is 2.33. The lowest BCUT2D eigenvalue weighted by molar-refractivity contribution is -0.138. The molecule has 102 valence electrons. The largest absolute Gasteiger partial charge is 0.435 e. The standard InChI is InChI=1S/C11H10ClF5O/c12-5-1-2-7-3-4-8(18-10(13)14)6-9(7)11(15,16)17/h3-4,6,10H,1-2,5H2. The molecule has 1 rings (SSSR count). The monoisotopic (exact) mass is 288 g/mol. The third-order valence-corrected chi connectivity index (χ3v) is 2.46. The first kappa shape index (κ1) is 15.0. The van der Waals surface area contributed by atoms with E-state index in [1.807, 2.05) is 0 Å². The zero-order chi connectivity index (χ0) is 13.8. The SMILES string of the molecule is FC(F)Oc1ccc(CCCCl)c(C(F)(F)F)c1. The lowest BCUT2D eigenvalue weighted by atomic mass is 10.0. The summed E-state index contributed by atoms with van der Waals surface area (Å²) in [4.78, 5) is 0. The van der Waals surface area contributed by atoms with Gasteiger partial charge in [0, 0.05) is 5.88 Å². The number of aryl methyl sites for hydroxylation is 1. The Hall–Kier alpha value is -1.04. The minimum atomic E-state index is -4.61.